The summed E-state index contributed by atoms with van der Waals surface area (Å²) in [6.07, 6.45) is 7.42. The van der Waals surface area contributed by atoms with Crippen LogP contribution in [0.15, 0.2) is 0 Å². The lowest BCUT2D eigenvalue weighted by atomic mass is 9.90. The standard InChI is InChI=1S/C10H19NO/c12-10-6-3-4-8(10)9-5-1-2-7-11-9/h8-12H,1-7H2/t8-,9+,10-/m1/s1. The fourth-order valence-corrected chi connectivity index (χ4v) is 2.68. The molecule has 12 heavy (non-hydrogen) atoms. The lowest BCUT2D eigenvalue weighted by molar-refractivity contribution is 0.101. The Balaban J connectivity index is 1.89. The Bertz CT molecular complexity index is 143. The minimum Gasteiger partial charge on any atom is -0.393 e. The normalized spacial score (nSPS) is 43.2. The van der Waals surface area contributed by atoms with Gasteiger partial charge in [0.25, 0.3) is 0 Å². The van der Waals surface area contributed by atoms with Crippen LogP contribution in [0.3, 0.4) is 0 Å². The van der Waals surface area contributed by atoms with Crippen molar-refractivity contribution in [1.82, 2.24) is 5.32 Å². The molecule has 2 N–H and O–H groups in total. The molecule has 3 atom stereocenters. The second-order valence-electron chi connectivity index (χ2n) is 4.22. The topological polar surface area (TPSA) is 32.3 Å². The third kappa shape index (κ3) is 1.64. The summed E-state index contributed by atoms with van der Waals surface area (Å²) >= 11 is 0. The highest BCUT2D eigenvalue weighted by atomic mass is 16.3. The van der Waals surface area contributed by atoms with Crippen LogP contribution in [-0.4, -0.2) is 23.8 Å². The first-order valence-corrected chi connectivity index (χ1v) is 5.29. The van der Waals surface area contributed by atoms with Crippen LogP contribution in [0.2, 0.25) is 0 Å². The Labute approximate surface area is 74.4 Å². The van der Waals surface area contributed by atoms with E-state index in [0.717, 1.165) is 13.0 Å². The van der Waals surface area contributed by atoms with Crippen molar-refractivity contribution in [2.45, 2.75) is 50.7 Å². The van der Waals surface area contributed by atoms with Gasteiger partial charge in [-0.05, 0) is 32.2 Å². The van der Waals surface area contributed by atoms with Gasteiger partial charge in [0.15, 0.2) is 0 Å². The summed E-state index contributed by atoms with van der Waals surface area (Å²) in [5.74, 6) is 0.560. The number of hydrogen-bond acceptors (Lipinski definition) is 2. The Morgan fingerprint density at radius 3 is 2.50 bits per heavy atom. The maximum atomic E-state index is 9.70. The molecule has 2 rings (SSSR count). The zero-order valence-corrected chi connectivity index (χ0v) is 7.63. The fourth-order valence-electron chi connectivity index (χ4n) is 2.68. The van der Waals surface area contributed by atoms with E-state index < -0.39 is 0 Å². The van der Waals surface area contributed by atoms with Gasteiger partial charge < -0.3 is 10.4 Å². The van der Waals surface area contributed by atoms with Gasteiger partial charge in [-0.15, -0.1) is 0 Å². The van der Waals surface area contributed by atoms with Gasteiger partial charge in [-0.2, -0.15) is 0 Å². The number of rotatable bonds is 1. The molecule has 0 spiro atoms. The molecule has 2 aliphatic rings. The Hall–Kier alpha value is -0.0800. The predicted molar refractivity (Wildman–Crippen MR) is 49.0 cm³/mol. The van der Waals surface area contributed by atoms with Crippen molar-refractivity contribution in [2.24, 2.45) is 5.92 Å². The zero-order chi connectivity index (χ0) is 8.39. The van der Waals surface area contributed by atoms with Crippen molar-refractivity contribution in [3.63, 3.8) is 0 Å². The summed E-state index contributed by atoms with van der Waals surface area (Å²) in [6.45, 7) is 1.16. The Morgan fingerprint density at radius 1 is 1.00 bits per heavy atom. The Morgan fingerprint density at radius 2 is 1.92 bits per heavy atom. The first kappa shape index (κ1) is 8.52. The van der Waals surface area contributed by atoms with Gasteiger partial charge in [0.05, 0.1) is 6.10 Å². The molecule has 2 nitrogen and oxygen atoms in total. The lowest BCUT2D eigenvalue weighted by Gasteiger charge is -2.30. The van der Waals surface area contributed by atoms with E-state index in [0.29, 0.717) is 12.0 Å². The molecule has 0 unspecified atom stereocenters. The van der Waals surface area contributed by atoms with Gasteiger partial charge in [0.2, 0.25) is 0 Å². The van der Waals surface area contributed by atoms with Gasteiger partial charge >= 0.3 is 0 Å². The van der Waals surface area contributed by atoms with Crippen molar-refractivity contribution in [1.29, 1.82) is 0 Å². The highest BCUT2D eigenvalue weighted by Crippen LogP contribution is 2.31. The number of hydrogen-bond donors (Lipinski definition) is 2. The molecular formula is C10H19NO. The van der Waals surface area contributed by atoms with Crippen LogP contribution >= 0.6 is 0 Å². The van der Waals surface area contributed by atoms with E-state index in [1.54, 1.807) is 0 Å². The van der Waals surface area contributed by atoms with Crippen LogP contribution in [0, 0.1) is 5.92 Å². The molecule has 0 bridgehead atoms. The number of aliphatic hydroxyl groups is 1. The molecule has 0 radical (unpaired) electrons. The summed E-state index contributed by atoms with van der Waals surface area (Å²) in [5.41, 5.74) is 0. The highest BCUT2D eigenvalue weighted by Gasteiger charge is 2.32. The van der Waals surface area contributed by atoms with E-state index in [1.165, 1.54) is 32.1 Å². The SMILES string of the molecule is O[C@@H]1CCC[C@@H]1[C@@H]1CCCCN1. The molecule has 1 aliphatic heterocycles. The molecule has 1 saturated carbocycles. The monoisotopic (exact) mass is 169 g/mol. The minimum atomic E-state index is -0.0133. The summed E-state index contributed by atoms with van der Waals surface area (Å²) in [6, 6.07) is 0.622. The summed E-state index contributed by atoms with van der Waals surface area (Å²) in [5, 5.41) is 13.2. The summed E-state index contributed by atoms with van der Waals surface area (Å²) in [7, 11) is 0. The molecule has 2 fully saturated rings. The maximum absolute atomic E-state index is 9.70. The highest BCUT2D eigenvalue weighted by molar-refractivity contribution is 4.88. The average molecular weight is 169 g/mol. The first-order valence-electron chi connectivity index (χ1n) is 5.29. The van der Waals surface area contributed by atoms with Crippen LogP contribution in [0.4, 0.5) is 0 Å². The predicted octanol–water partition coefficient (Wildman–Crippen LogP) is 1.29. The fraction of sp³-hybridized carbons (Fsp3) is 1.00. The third-order valence-electron chi connectivity index (χ3n) is 3.40. The van der Waals surface area contributed by atoms with Crippen LogP contribution in [0.25, 0.3) is 0 Å². The van der Waals surface area contributed by atoms with Gasteiger partial charge in [0, 0.05) is 12.0 Å². The lowest BCUT2D eigenvalue weighted by Crippen LogP contribution is -2.42. The van der Waals surface area contributed by atoms with E-state index in [-0.39, 0.29) is 6.10 Å². The van der Waals surface area contributed by atoms with Crippen LogP contribution in [0.5, 0.6) is 0 Å². The molecule has 0 aromatic rings. The number of aliphatic hydroxyl groups excluding tert-OH is 1. The molecule has 0 aromatic carbocycles. The van der Waals surface area contributed by atoms with E-state index in [9.17, 15) is 5.11 Å². The molecule has 0 aromatic heterocycles. The average Bonchev–Trinajstić information content (AvgIpc) is 2.53. The van der Waals surface area contributed by atoms with E-state index in [4.69, 9.17) is 0 Å². The third-order valence-corrected chi connectivity index (χ3v) is 3.40. The van der Waals surface area contributed by atoms with Gasteiger partial charge in [-0.1, -0.05) is 12.8 Å². The van der Waals surface area contributed by atoms with Crippen LogP contribution in [-0.2, 0) is 0 Å². The molecule has 0 amide bonds. The molecule has 2 heteroatoms. The van der Waals surface area contributed by atoms with Gasteiger partial charge in [0.1, 0.15) is 0 Å². The van der Waals surface area contributed by atoms with E-state index in [2.05, 4.69) is 5.32 Å². The smallest absolute Gasteiger partial charge is 0.0583 e. The molecule has 1 aliphatic carbocycles. The second kappa shape index (κ2) is 3.75. The number of nitrogens with one attached hydrogen (secondary N) is 1. The maximum Gasteiger partial charge on any atom is 0.0583 e. The van der Waals surface area contributed by atoms with E-state index >= 15 is 0 Å². The van der Waals surface area contributed by atoms with Crippen molar-refractivity contribution in [3.8, 4) is 0 Å². The zero-order valence-electron chi connectivity index (χ0n) is 7.63. The second-order valence-corrected chi connectivity index (χ2v) is 4.22. The van der Waals surface area contributed by atoms with Crippen LogP contribution in [0.1, 0.15) is 38.5 Å². The first-order chi connectivity index (χ1) is 5.88. The molecule has 1 saturated heterocycles. The van der Waals surface area contributed by atoms with Crippen LogP contribution < -0.4 is 5.32 Å². The quantitative estimate of drug-likeness (QED) is 0.620. The van der Waals surface area contributed by atoms with Gasteiger partial charge in [-0.25, -0.2) is 0 Å². The summed E-state index contributed by atoms with van der Waals surface area (Å²) < 4.78 is 0. The molecule has 70 valence electrons. The van der Waals surface area contributed by atoms with Crippen molar-refractivity contribution < 1.29 is 5.11 Å². The largest absolute Gasteiger partial charge is 0.393 e. The van der Waals surface area contributed by atoms with Crippen molar-refractivity contribution >= 4 is 0 Å². The van der Waals surface area contributed by atoms with Crippen molar-refractivity contribution in [2.75, 3.05) is 6.54 Å². The number of piperidine rings is 1. The molecular weight excluding hydrogens is 150 g/mol. The summed E-state index contributed by atoms with van der Waals surface area (Å²) in [4.78, 5) is 0. The van der Waals surface area contributed by atoms with Gasteiger partial charge in [-0.3, -0.25) is 0 Å². The van der Waals surface area contributed by atoms with Crippen molar-refractivity contribution in [3.05, 3.63) is 0 Å². The minimum absolute atomic E-state index is 0.0133. The Kier molecular flexibility index (Phi) is 2.66. The molecule has 1 heterocycles. The van der Waals surface area contributed by atoms with E-state index in [1.807, 2.05) is 0 Å².